The Kier molecular flexibility index (Phi) is 6.51. The lowest BCUT2D eigenvalue weighted by atomic mass is 10.1. The largest absolute Gasteiger partial charge is 0.494 e. The molecule has 2 aromatic heterocycles. The molecule has 0 bridgehead atoms. The predicted octanol–water partition coefficient (Wildman–Crippen LogP) is 4.13. The molecular formula is C26H25N3O6S. The first kappa shape index (κ1) is 23.7. The predicted molar refractivity (Wildman–Crippen MR) is 132 cm³/mol. The summed E-state index contributed by atoms with van der Waals surface area (Å²) in [7, 11) is -3.95. The van der Waals surface area contributed by atoms with Gasteiger partial charge in [-0.15, -0.1) is 0 Å². The van der Waals surface area contributed by atoms with Crippen molar-refractivity contribution in [2.45, 2.75) is 16.8 Å². The Hall–Kier alpha value is -4.05. The van der Waals surface area contributed by atoms with Crippen LogP contribution in [0.4, 0.5) is 5.88 Å². The van der Waals surface area contributed by atoms with E-state index >= 15 is 0 Å². The fourth-order valence-electron chi connectivity index (χ4n) is 4.05. The van der Waals surface area contributed by atoms with Gasteiger partial charge >= 0.3 is 0 Å². The van der Waals surface area contributed by atoms with Crippen molar-refractivity contribution in [3.8, 4) is 17.4 Å². The highest BCUT2D eigenvalue weighted by Gasteiger charge is 2.34. The van der Waals surface area contributed by atoms with Gasteiger partial charge in [0.15, 0.2) is 5.76 Å². The quantitative estimate of drug-likeness (QED) is 0.368. The zero-order valence-electron chi connectivity index (χ0n) is 19.7. The second kappa shape index (κ2) is 9.90. The summed E-state index contributed by atoms with van der Waals surface area (Å²) in [4.78, 5) is 21.0. The van der Waals surface area contributed by atoms with E-state index in [4.69, 9.17) is 13.6 Å². The average Bonchev–Trinajstić information content (AvgIpc) is 3.60. The first-order chi connectivity index (χ1) is 17.5. The van der Waals surface area contributed by atoms with Crippen LogP contribution < -0.4 is 9.64 Å². The zero-order chi connectivity index (χ0) is 25.1. The molecule has 9 nitrogen and oxygen atoms in total. The van der Waals surface area contributed by atoms with E-state index in [-0.39, 0.29) is 27.6 Å². The van der Waals surface area contributed by atoms with Gasteiger partial charge in [0.05, 0.1) is 17.8 Å². The maximum atomic E-state index is 13.5. The van der Waals surface area contributed by atoms with Crippen LogP contribution in [-0.4, -0.2) is 57.0 Å². The lowest BCUT2D eigenvalue weighted by Gasteiger charge is -2.34. The lowest BCUT2D eigenvalue weighted by molar-refractivity contribution is 0.0745. The molecule has 0 saturated carbocycles. The van der Waals surface area contributed by atoms with Gasteiger partial charge in [0, 0.05) is 31.7 Å². The summed E-state index contributed by atoms with van der Waals surface area (Å²) >= 11 is 0. The van der Waals surface area contributed by atoms with Gasteiger partial charge in [-0.1, -0.05) is 18.2 Å². The maximum absolute atomic E-state index is 13.5. The molecule has 0 N–H and O–H groups in total. The van der Waals surface area contributed by atoms with Crippen molar-refractivity contribution in [1.29, 1.82) is 0 Å². The number of carbonyl (C=O) groups is 1. The third kappa shape index (κ3) is 4.59. The third-order valence-electron chi connectivity index (χ3n) is 5.89. The van der Waals surface area contributed by atoms with Crippen molar-refractivity contribution in [3.05, 3.63) is 78.6 Å². The summed E-state index contributed by atoms with van der Waals surface area (Å²) in [6, 6.07) is 18.5. The molecular weight excluding hydrogens is 482 g/mol. The molecule has 0 radical (unpaired) electrons. The van der Waals surface area contributed by atoms with E-state index in [2.05, 4.69) is 4.98 Å². The number of piperazine rings is 1. The van der Waals surface area contributed by atoms with E-state index in [1.165, 1.54) is 18.4 Å². The number of benzene rings is 2. The van der Waals surface area contributed by atoms with Gasteiger partial charge in [0.2, 0.25) is 20.7 Å². The van der Waals surface area contributed by atoms with Gasteiger partial charge in [-0.3, -0.25) is 4.79 Å². The van der Waals surface area contributed by atoms with Gasteiger partial charge in [-0.25, -0.2) is 8.42 Å². The minimum absolute atomic E-state index is 0.0809. The van der Waals surface area contributed by atoms with Crippen LogP contribution in [0.1, 0.15) is 17.3 Å². The number of hydrogen-bond acceptors (Lipinski definition) is 8. The van der Waals surface area contributed by atoms with Gasteiger partial charge < -0.3 is 23.4 Å². The molecule has 0 unspecified atom stereocenters. The highest BCUT2D eigenvalue weighted by atomic mass is 32.2. The monoisotopic (exact) mass is 507 g/mol. The molecule has 0 atom stereocenters. The van der Waals surface area contributed by atoms with Crippen LogP contribution >= 0.6 is 0 Å². The highest BCUT2D eigenvalue weighted by molar-refractivity contribution is 7.91. The molecule has 1 saturated heterocycles. The van der Waals surface area contributed by atoms with E-state index in [0.717, 1.165) is 0 Å². The summed E-state index contributed by atoms with van der Waals surface area (Å²) in [5.74, 6) is 1.17. The van der Waals surface area contributed by atoms with E-state index in [0.29, 0.717) is 49.9 Å². The standard InChI is InChI=1S/C26H25N3O6S/c1-2-33-20-12-10-19(11-13-20)25(30)28-14-16-29(17-15-28)26-24(27-23(35-26)22-9-6-18-34-22)36(31,32)21-7-4-3-5-8-21/h3-13,18H,2,14-17H2,1H3. The third-order valence-corrected chi connectivity index (χ3v) is 7.55. The molecule has 0 spiro atoms. The molecule has 36 heavy (non-hydrogen) atoms. The summed E-state index contributed by atoms with van der Waals surface area (Å²) in [6.07, 6.45) is 1.47. The molecule has 1 aliphatic heterocycles. The number of aromatic nitrogens is 1. The van der Waals surface area contributed by atoms with Gasteiger partial charge in [-0.2, -0.15) is 4.98 Å². The van der Waals surface area contributed by atoms with Crippen LogP contribution in [0.5, 0.6) is 5.75 Å². The SMILES string of the molecule is CCOc1ccc(C(=O)N2CCN(c3oc(-c4ccco4)nc3S(=O)(=O)c3ccccc3)CC2)cc1. The number of anilines is 1. The molecule has 186 valence electrons. The number of amides is 1. The Morgan fingerprint density at radius 2 is 1.69 bits per heavy atom. The van der Waals surface area contributed by atoms with Crippen molar-refractivity contribution in [2.24, 2.45) is 0 Å². The first-order valence-electron chi connectivity index (χ1n) is 11.6. The summed E-state index contributed by atoms with van der Waals surface area (Å²) in [5.41, 5.74) is 0.569. The number of hydrogen-bond donors (Lipinski definition) is 0. The van der Waals surface area contributed by atoms with Crippen molar-refractivity contribution >= 4 is 21.6 Å². The van der Waals surface area contributed by atoms with Crippen LogP contribution in [0.2, 0.25) is 0 Å². The van der Waals surface area contributed by atoms with E-state index in [1.807, 2.05) is 6.92 Å². The molecule has 4 aromatic rings. The molecule has 5 rings (SSSR count). The van der Waals surface area contributed by atoms with Crippen LogP contribution in [0.3, 0.4) is 0 Å². The van der Waals surface area contributed by atoms with E-state index < -0.39 is 9.84 Å². The second-order valence-electron chi connectivity index (χ2n) is 8.16. The van der Waals surface area contributed by atoms with E-state index in [9.17, 15) is 13.2 Å². The van der Waals surface area contributed by atoms with E-state index in [1.54, 1.807) is 64.4 Å². The van der Waals surface area contributed by atoms with Crippen molar-refractivity contribution in [1.82, 2.24) is 9.88 Å². The summed E-state index contributed by atoms with van der Waals surface area (Å²) < 4.78 is 43.7. The molecule has 1 aliphatic rings. The summed E-state index contributed by atoms with van der Waals surface area (Å²) in [5, 5.41) is -0.175. The molecule has 0 aliphatic carbocycles. The van der Waals surface area contributed by atoms with Crippen molar-refractivity contribution in [2.75, 3.05) is 37.7 Å². The first-order valence-corrected chi connectivity index (χ1v) is 13.1. The zero-order valence-corrected chi connectivity index (χ0v) is 20.5. The van der Waals surface area contributed by atoms with Gasteiger partial charge in [0.1, 0.15) is 5.75 Å². The van der Waals surface area contributed by atoms with Crippen LogP contribution in [0.15, 0.2) is 91.7 Å². The maximum Gasteiger partial charge on any atom is 0.266 e. The fourth-order valence-corrected chi connectivity index (χ4v) is 5.39. The number of ether oxygens (including phenoxy) is 1. The normalized spacial score (nSPS) is 14.1. The topological polar surface area (TPSA) is 106 Å². The second-order valence-corrected chi connectivity index (χ2v) is 10.0. The number of nitrogens with zero attached hydrogens (tertiary/aromatic N) is 3. The van der Waals surface area contributed by atoms with Crippen molar-refractivity contribution < 1.29 is 26.8 Å². The number of sulfone groups is 1. The molecule has 2 aromatic carbocycles. The Labute approximate surface area is 208 Å². The number of carbonyl (C=O) groups excluding carboxylic acids is 1. The Morgan fingerprint density at radius 1 is 0.972 bits per heavy atom. The smallest absolute Gasteiger partial charge is 0.266 e. The molecule has 1 amide bonds. The van der Waals surface area contributed by atoms with Crippen LogP contribution in [0, 0.1) is 0 Å². The van der Waals surface area contributed by atoms with Gasteiger partial charge in [0.25, 0.3) is 11.8 Å². The van der Waals surface area contributed by atoms with Crippen LogP contribution in [-0.2, 0) is 9.84 Å². The Morgan fingerprint density at radius 3 is 2.33 bits per heavy atom. The van der Waals surface area contributed by atoms with Gasteiger partial charge in [-0.05, 0) is 55.5 Å². The summed E-state index contributed by atoms with van der Waals surface area (Å²) in [6.45, 7) is 4.02. The Bertz CT molecular complexity index is 1420. The minimum atomic E-state index is -3.95. The minimum Gasteiger partial charge on any atom is -0.494 e. The molecule has 10 heteroatoms. The highest BCUT2D eigenvalue weighted by Crippen LogP contribution is 2.35. The number of rotatable bonds is 7. The van der Waals surface area contributed by atoms with Crippen LogP contribution in [0.25, 0.3) is 11.7 Å². The average molecular weight is 508 g/mol. The number of oxazole rings is 1. The Balaban J connectivity index is 1.39. The lowest BCUT2D eigenvalue weighted by Crippen LogP contribution is -2.49. The molecule has 3 heterocycles. The fraction of sp³-hybridized carbons (Fsp3) is 0.231. The molecule has 1 fully saturated rings. The number of furan rings is 1. The van der Waals surface area contributed by atoms with Crippen molar-refractivity contribution in [3.63, 3.8) is 0 Å².